The number of hydrogen-bond donors (Lipinski definition) is 1. The lowest BCUT2D eigenvalue weighted by atomic mass is 10.1. The number of carbonyl (C=O) groups excluding carboxylic acids is 1. The van der Waals surface area contributed by atoms with Crippen LogP contribution >= 0.6 is 0 Å². The van der Waals surface area contributed by atoms with Gasteiger partial charge in [0.1, 0.15) is 12.1 Å². The normalized spacial score (nSPS) is 12.8. The first-order valence-electron chi connectivity index (χ1n) is 6.36. The fourth-order valence-corrected chi connectivity index (χ4v) is 1.83. The summed E-state index contributed by atoms with van der Waals surface area (Å²) in [5, 5.41) is 2.55. The highest BCUT2D eigenvalue weighted by Crippen LogP contribution is 2.36. The van der Waals surface area contributed by atoms with Crippen molar-refractivity contribution in [3.8, 4) is 0 Å². The number of carbonyl (C=O) groups is 1. The van der Waals surface area contributed by atoms with Gasteiger partial charge in [0.15, 0.2) is 0 Å². The van der Waals surface area contributed by atoms with E-state index >= 15 is 0 Å². The summed E-state index contributed by atoms with van der Waals surface area (Å²) in [4.78, 5) is 14.7. The van der Waals surface area contributed by atoms with Crippen LogP contribution in [0, 0.1) is 5.82 Å². The Kier molecular flexibility index (Phi) is 4.44. The van der Waals surface area contributed by atoms with Crippen molar-refractivity contribution in [1.29, 1.82) is 0 Å². The van der Waals surface area contributed by atoms with Gasteiger partial charge in [-0.15, -0.1) is 0 Å². The Bertz CT molecular complexity index is 668. The standard InChI is InChI=1S/C15H12F4N2O/c1-9(8-22)13-5-3-11(7-20-13)21-14-4-2-10(16)6-12(14)15(17,18)19/h2-9,21H,1H3. The number of hydrogen-bond acceptors (Lipinski definition) is 3. The Morgan fingerprint density at radius 2 is 1.95 bits per heavy atom. The molecule has 0 radical (unpaired) electrons. The molecule has 1 heterocycles. The van der Waals surface area contributed by atoms with E-state index < -0.39 is 23.5 Å². The molecule has 0 spiro atoms. The summed E-state index contributed by atoms with van der Waals surface area (Å²) >= 11 is 0. The van der Waals surface area contributed by atoms with Crippen LogP contribution in [0.3, 0.4) is 0 Å². The molecular weight excluding hydrogens is 300 g/mol. The summed E-state index contributed by atoms with van der Waals surface area (Å²) in [6.07, 6.45) is -2.64. The molecule has 0 aliphatic heterocycles. The van der Waals surface area contributed by atoms with E-state index in [2.05, 4.69) is 10.3 Å². The van der Waals surface area contributed by atoms with E-state index in [1.165, 1.54) is 18.3 Å². The molecule has 2 aromatic rings. The Hall–Kier alpha value is -2.44. The van der Waals surface area contributed by atoms with Crippen molar-refractivity contribution in [2.45, 2.75) is 19.0 Å². The highest BCUT2D eigenvalue weighted by Gasteiger charge is 2.34. The molecule has 3 nitrogen and oxygen atoms in total. The molecule has 1 unspecified atom stereocenters. The lowest BCUT2D eigenvalue weighted by Gasteiger charge is -2.15. The van der Waals surface area contributed by atoms with Gasteiger partial charge in [-0.05, 0) is 30.3 Å². The molecule has 0 bridgehead atoms. The van der Waals surface area contributed by atoms with Crippen molar-refractivity contribution in [2.75, 3.05) is 5.32 Å². The van der Waals surface area contributed by atoms with Gasteiger partial charge in [0.05, 0.1) is 34.7 Å². The third kappa shape index (κ3) is 3.60. The van der Waals surface area contributed by atoms with Crippen LogP contribution < -0.4 is 5.32 Å². The average Bonchev–Trinajstić information content (AvgIpc) is 2.48. The number of nitrogens with one attached hydrogen (secondary N) is 1. The average molecular weight is 312 g/mol. The van der Waals surface area contributed by atoms with E-state index in [0.717, 1.165) is 18.4 Å². The summed E-state index contributed by atoms with van der Waals surface area (Å²) in [5.74, 6) is -1.36. The molecule has 0 saturated heterocycles. The van der Waals surface area contributed by atoms with Crippen LogP contribution in [0.5, 0.6) is 0 Å². The second-order valence-electron chi connectivity index (χ2n) is 4.71. The van der Waals surface area contributed by atoms with E-state index in [-0.39, 0.29) is 5.69 Å². The van der Waals surface area contributed by atoms with Gasteiger partial charge >= 0.3 is 6.18 Å². The minimum absolute atomic E-state index is 0.271. The molecule has 1 atom stereocenters. The van der Waals surface area contributed by atoms with Crippen molar-refractivity contribution in [1.82, 2.24) is 4.98 Å². The van der Waals surface area contributed by atoms with Crippen molar-refractivity contribution < 1.29 is 22.4 Å². The first kappa shape index (κ1) is 15.9. The van der Waals surface area contributed by atoms with Gasteiger partial charge in [0.2, 0.25) is 0 Å². The third-order valence-corrected chi connectivity index (χ3v) is 3.02. The maximum atomic E-state index is 13.0. The molecule has 0 aliphatic carbocycles. The zero-order valence-corrected chi connectivity index (χ0v) is 11.5. The molecule has 0 amide bonds. The largest absolute Gasteiger partial charge is 0.418 e. The molecule has 0 aliphatic rings. The highest BCUT2D eigenvalue weighted by molar-refractivity contribution is 5.64. The lowest BCUT2D eigenvalue weighted by Crippen LogP contribution is -2.09. The zero-order chi connectivity index (χ0) is 16.3. The molecule has 7 heteroatoms. The highest BCUT2D eigenvalue weighted by atomic mass is 19.4. The molecule has 2 rings (SSSR count). The van der Waals surface area contributed by atoms with E-state index in [1.54, 1.807) is 6.92 Å². The van der Waals surface area contributed by atoms with Crippen molar-refractivity contribution in [3.05, 3.63) is 53.6 Å². The van der Waals surface area contributed by atoms with Crippen molar-refractivity contribution in [3.63, 3.8) is 0 Å². The Balaban J connectivity index is 2.29. The van der Waals surface area contributed by atoms with Crippen LogP contribution in [0.4, 0.5) is 28.9 Å². The first-order chi connectivity index (χ1) is 10.3. The van der Waals surface area contributed by atoms with Crippen molar-refractivity contribution in [2.24, 2.45) is 0 Å². The third-order valence-electron chi connectivity index (χ3n) is 3.02. The minimum Gasteiger partial charge on any atom is -0.354 e. The maximum Gasteiger partial charge on any atom is 0.418 e. The molecule has 116 valence electrons. The molecule has 0 saturated carbocycles. The Labute approximate surface area is 124 Å². The number of pyridine rings is 1. The van der Waals surface area contributed by atoms with Gasteiger partial charge in [0.25, 0.3) is 0 Å². The number of alkyl halides is 3. The number of nitrogens with zero attached hydrogens (tertiary/aromatic N) is 1. The monoisotopic (exact) mass is 312 g/mol. The molecule has 0 fully saturated rings. The molecule has 1 aromatic heterocycles. The van der Waals surface area contributed by atoms with Gasteiger partial charge in [-0.2, -0.15) is 13.2 Å². The molecular formula is C15H12F4N2O. The minimum atomic E-state index is -4.68. The van der Waals surface area contributed by atoms with Gasteiger partial charge < -0.3 is 10.1 Å². The summed E-state index contributed by atoms with van der Waals surface area (Å²) in [6, 6.07) is 5.43. The second kappa shape index (κ2) is 6.13. The van der Waals surface area contributed by atoms with Crippen molar-refractivity contribution >= 4 is 17.7 Å². The van der Waals surface area contributed by atoms with Crippen LogP contribution in [-0.2, 0) is 11.0 Å². The SMILES string of the molecule is CC(C=O)c1ccc(Nc2ccc(F)cc2C(F)(F)F)cn1. The van der Waals surface area contributed by atoms with E-state index in [0.29, 0.717) is 17.4 Å². The summed E-state index contributed by atoms with van der Waals surface area (Å²) in [6.45, 7) is 1.66. The van der Waals surface area contributed by atoms with E-state index in [9.17, 15) is 22.4 Å². The number of rotatable bonds is 4. The van der Waals surface area contributed by atoms with Crippen LogP contribution in [-0.4, -0.2) is 11.3 Å². The zero-order valence-electron chi connectivity index (χ0n) is 11.5. The van der Waals surface area contributed by atoms with E-state index in [4.69, 9.17) is 0 Å². The number of aromatic nitrogens is 1. The van der Waals surface area contributed by atoms with Crippen LogP contribution in [0.1, 0.15) is 24.1 Å². The number of aldehydes is 1. The predicted molar refractivity (Wildman–Crippen MR) is 73.4 cm³/mol. The van der Waals surface area contributed by atoms with Gasteiger partial charge in [0, 0.05) is 0 Å². The Morgan fingerprint density at radius 3 is 2.50 bits per heavy atom. The molecule has 1 aromatic carbocycles. The smallest absolute Gasteiger partial charge is 0.354 e. The number of anilines is 2. The van der Waals surface area contributed by atoms with Gasteiger partial charge in [-0.1, -0.05) is 6.92 Å². The summed E-state index contributed by atoms with van der Waals surface area (Å²) in [5.41, 5.74) is -0.556. The Morgan fingerprint density at radius 1 is 1.23 bits per heavy atom. The van der Waals surface area contributed by atoms with Gasteiger partial charge in [-0.25, -0.2) is 4.39 Å². The number of benzene rings is 1. The fourth-order valence-electron chi connectivity index (χ4n) is 1.83. The van der Waals surface area contributed by atoms with Crippen LogP contribution in [0.25, 0.3) is 0 Å². The van der Waals surface area contributed by atoms with Gasteiger partial charge in [-0.3, -0.25) is 4.98 Å². The summed E-state index contributed by atoms with van der Waals surface area (Å²) in [7, 11) is 0. The van der Waals surface area contributed by atoms with Crippen LogP contribution in [0.2, 0.25) is 0 Å². The first-order valence-corrected chi connectivity index (χ1v) is 6.36. The predicted octanol–water partition coefficient (Wildman–Crippen LogP) is 4.29. The second-order valence-corrected chi connectivity index (χ2v) is 4.71. The fraction of sp³-hybridized carbons (Fsp3) is 0.200. The molecule has 1 N–H and O–H groups in total. The quantitative estimate of drug-likeness (QED) is 0.676. The topological polar surface area (TPSA) is 42.0 Å². The maximum absolute atomic E-state index is 13.0. The van der Waals surface area contributed by atoms with Crippen LogP contribution in [0.15, 0.2) is 36.5 Å². The van der Waals surface area contributed by atoms with E-state index in [1.807, 2.05) is 0 Å². The number of halogens is 4. The lowest BCUT2D eigenvalue weighted by molar-refractivity contribution is -0.137. The summed E-state index contributed by atoms with van der Waals surface area (Å²) < 4.78 is 51.7. The molecule has 22 heavy (non-hydrogen) atoms.